The SMILES string of the molecule is CN1C=CN(C)C1(C)[N+](=O)[O-]. The van der Waals surface area contributed by atoms with Crippen molar-refractivity contribution in [2.75, 3.05) is 14.1 Å². The number of nitro groups is 1. The highest BCUT2D eigenvalue weighted by molar-refractivity contribution is 4.96. The van der Waals surface area contributed by atoms with E-state index >= 15 is 0 Å². The second-order valence-electron chi connectivity index (χ2n) is 2.75. The fourth-order valence-corrected chi connectivity index (χ4v) is 0.989. The van der Waals surface area contributed by atoms with E-state index in [-0.39, 0.29) is 4.92 Å². The van der Waals surface area contributed by atoms with Crippen molar-refractivity contribution >= 4 is 0 Å². The van der Waals surface area contributed by atoms with E-state index in [1.165, 1.54) is 0 Å². The van der Waals surface area contributed by atoms with Crippen molar-refractivity contribution in [1.82, 2.24) is 9.80 Å². The minimum absolute atomic E-state index is 0.312. The Morgan fingerprint density at radius 2 is 1.73 bits per heavy atom. The molecular formula is C6H11N3O2. The van der Waals surface area contributed by atoms with Crippen LogP contribution in [0.3, 0.4) is 0 Å². The Balaban J connectivity index is 2.94. The third-order valence-electron chi connectivity index (χ3n) is 2.20. The molecular weight excluding hydrogens is 146 g/mol. The van der Waals surface area contributed by atoms with E-state index in [9.17, 15) is 10.1 Å². The van der Waals surface area contributed by atoms with Gasteiger partial charge >= 0.3 is 5.79 Å². The maximum absolute atomic E-state index is 10.6. The zero-order valence-electron chi connectivity index (χ0n) is 6.81. The van der Waals surface area contributed by atoms with Gasteiger partial charge in [0.05, 0.1) is 4.92 Å². The lowest BCUT2D eigenvalue weighted by molar-refractivity contribution is -0.615. The summed E-state index contributed by atoms with van der Waals surface area (Å²) < 4.78 is 0. The molecule has 0 fully saturated rings. The van der Waals surface area contributed by atoms with Crippen LogP contribution >= 0.6 is 0 Å². The van der Waals surface area contributed by atoms with Gasteiger partial charge in [-0.15, -0.1) is 0 Å². The Morgan fingerprint density at radius 3 is 1.91 bits per heavy atom. The van der Waals surface area contributed by atoms with E-state index in [1.54, 1.807) is 43.2 Å². The number of nitrogens with zero attached hydrogens (tertiary/aromatic N) is 3. The number of hydrogen-bond acceptors (Lipinski definition) is 4. The smallest absolute Gasteiger partial charge is 0.298 e. The highest BCUT2D eigenvalue weighted by atomic mass is 16.6. The normalized spacial score (nSPS) is 21.0. The second-order valence-corrected chi connectivity index (χ2v) is 2.75. The standard InChI is InChI=1S/C6H11N3O2/c1-6(9(10)11)7(2)4-5-8(6)3/h4-5H,1-3H3. The molecule has 0 atom stereocenters. The third kappa shape index (κ3) is 0.840. The third-order valence-corrected chi connectivity index (χ3v) is 2.20. The molecule has 1 aliphatic rings. The van der Waals surface area contributed by atoms with Crippen LogP contribution in [-0.4, -0.2) is 34.6 Å². The van der Waals surface area contributed by atoms with Crippen LogP contribution in [0.5, 0.6) is 0 Å². The van der Waals surface area contributed by atoms with Crippen LogP contribution in [0.4, 0.5) is 0 Å². The van der Waals surface area contributed by atoms with Crippen LogP contribution in [0, 0.1) is 10.1 Å². The van der Waals surface area contributed by atoms with Crippen LogP contribution in [-0.2, 0) is 0 Å². The molecule has 0 spiro atoms. The summed E-state index contributed by atoms with van der Waals surface area (Å²) in [5.74, 6) is -1.11. The van der Waals surface area contributed by atoms with Gasteiger partial charge in [-0.2, -0.15) is 0 Å². The highest BCUT2D eigenvalue weighted by Gasteiger charge is 2.47. The lowest BCUT2D eigenvalue weighted by Gasteiger charge is -2.29. The summed E-state index contributed by atoms with van der Waals surface area (Å²) in [6.07, 6.45) is 3.37. The average molecular weight is 157 g/mol. The minimum Gasteiger partial charge on any atom is -0.298 e. The molecule has 0 saturated heterocycles. The molecule has 5 nitrogen and oxygen atoms in total. The number of hydrogen-bond donors (Lipinski definition) is 0. The number of rotatable bonds is 1. The topological polar surface area (TPSA) is 49.6 Å². The highest BCUT2D eigenvalue weighted by Crippen LogP contribution is 2.23. The summed E-state index contributed by atoms with van der Waals surface area (Å²) in [5.41, 5.74) is 0. The minimum atomic E-state index is -1.11. The molecule has 0 saturated carbocycles. The average Bonchev–Trinajstić information content (AvgIpc) is 2.18. The molecule has 1 heterocycles. The van der Waals surface area contributed by atoms with Crippen molar-refractivity contribution in [3.05, 3.63) is 22.5 Å². The molecule has 0 amide bonds. The molecule has 11 heavy (non-hydrogen) atoms. The first-order valence-corrected chi connectivity index (χ1v) is 3.28. The zero-order valence-corrected chi connectivity index (χ0v) is 6.81. The van der Waals surface area contributed by atoms with Crippen LogP contribution in [0.1, 0.15) is 6.92 Å². The van der Waals surface area contributed by atoms with Crippen molar-refractivity contribution in [2.45, 2.75) is 12.7 Å². The van der Waals surface area contributed by atoms with Gasteiger partial charge in [0.25, 0.3) is 0 Å². The zero-order chi connectivity index (χ0) is 8.65. The lowest BCUT2D eigenvalue weighted by atomic mass is 10.4. The molecule has 5 heteroatoms. The van der Waals surface area contributed by atoms with Crippen LogP contribution in [0.15, 0.2) is 12.4 Å². The molecule has 1 rings (SSSR count). The predicted octanol–water partition coefficient (Wildman–Crippen LogP) is 0.285. The van der Waals surface area contributed by atoms with Crippen molar-refractivity contribution in [2.24, 2.45) is 0 Å². The first-order valence-electron chi connectivity index (χ1n) is 3.28. The summed E-state index contributed by atoms with van der Waals surface area (Å²) in [4.78, 5) is 13.4. The van der Waals surface area contributed by atoms with Gasteiger partial charge in [0.1, 0.15) is 0 Å². The molecule has 1 aliphatic heterocycles. The summed E-state index contributed by atoms with van der Waals surface area (Å²) in [5, 5.41) is 10.6. The van der Waals surface area contributed by atoms with Gasteiger partial charge < -0.3 is 0 Å². The molecule has 0 N–H and O–H groups in total. The van der Waals surface area contributed by atoms with E-state index in [0.29, 0.717) is 0 Å². The van der Waals surface area contributed by atoms with Gasteiger partial charge in [-0.3, -0.25) is 19.9 Å². The summed E-state index contributed by atoms with van der Waals surface area (Å²) in [7, 11) is 3.37. The first-order chi connectivity index (χ1) is 4.99. The Hall–Kier alpha value is -1.26. The second kappa shape index (κ2) is 2.11. The summed E-state index contributed by atoms with van der Waals surface area (Å²) in [6, 6.07) is 0. The summed E-state index contributed by atoms with van der Waals surface area (Å²) >= 11 is 0. The Morgan fingerprint density at radius 1 is 1.36 bits per heavy atom. The molecule has 0 radical (unpaired) electrons. The van der Waals surface area contributed by atoms with Gasteiger partial charge in [-0.05, 0) is 0 Å². The van der Waals surface area contributed by atoms with Gasteiger partial charge in [0, 0.05) is 33.4 Å². The van der Waals surface area contributed by atoms with Crippen LogP contribution in [0.2, 0.25) is 0 Å². The fourth-order valence-electron chi connectivity index (χ4n) is 0.989. The van der Waals surface area contributed by atoms with E-state index < -0.39 is 5.79 Å². The van der Waals surface area contributed by atoms with Gasteiger partial charge in [0.2, 0.25) is 0 Å². The quantitative estimate of drug-likeness (QED) is 0.405. The largest absolute Gasteiger partial charge is 0.373 e. The molecule has 0 aromatic heterocycles. The molecule has 0 aliphatic carbocycles. The van der Waals surface area contributed by atoms with Crippen molar-refractivity contribution in [1.29, 1.82) is 0 Å². The van der Waals surface area contributed by atoms with Crippen molar-refractivity contribution in [3.63, 3.8) is 0 Å². The monoisotopic (exact) mass is 157 g/mol. The Kier molecular flexibility index (Phi) is 1.51. The predicted molar refractivity (Wildman–Crippen MR) is 40.1 cm³/mol. The summed E-state index contributed by atoms with van der Waals surface area (Å²) in [6.45, 7) is 1.56. The maximum atomic E-state index is 10.6. The van der Waals surface area contributed by atoms with E-state index in [2.05, 4.69) is 0 Å². The van der Waals surface area contributed by atoms with Gasteiger partial charge in [0.15, 0.2) is 0 Å². The molecule has 0 aromatic rings. The van der Waals surface area contributed by atoms with Crippen molar-refractivity contribution in [3.8, 4) is 0 Å². The first kappa shape index (κ1) is 7.84. The molecule has 62 valence electrons. The van der Waals surface area contributed by atoms with Crippen LogP contribution in [0.25, 0.3) is 0 Å². The van der Waals surface area contributed by atoms with Crippen molar-refractivity contribution < 1.29 is 4.92 Å². The lowest BCUT2D eigenvalue weighted by Crippen LogP contribution is -2.53. The molecule has 0 aromatic carbocycles. The van der Waals surface area contributed by atoms with Gasteiger partial charge in [-0.1, -0.05) is 0 Å². The maximum Gasteiger partial charge on any atom is 0.373 e. The Labute approximate surface area is 65.0 Å². The fraction of sp³-hybridized carbons (Fsp3) is 0.667. The molecule has 0 bridgehead atoms. The van der Waals surface area contributed by atoms with Gasteiger partial charge in [-0.25, -0.2) is 0 Å². The van der Waals surface area contributed by atoms with E-state index in [0.717, 1.165) is 0 Å². The van der Waals surface area contributed by atoms with Crippen LogP contribution < -0.4 is 0 Å². The molecule has 0 unspecified atom stereocenters. The van der Waals surface area contributed by atoms with E-state index in [1.807, 2.05) is 0 Å². The Bertz CT molecular complexity index is 202. The van der Waals surface area contributed by atoms with E-state index in [4.69, 9.17) is 0 Å².